The smallest absolute Gasteiger partial charge is 0.344 e. The van der Waals surface area contributed by atoms with Crippen molar-refractivity contribution in [3.05, 3.63) is 28.2 Å². The molecular formula is C16H17Cl2N3O4. The van der Waals surface area contributed by atoms with E-state index in [4.69, 9.17) is 27.9 Å². The van der Waals surface area contributed by atoms with Gasteiger partial charge in [0.25, 0.3) is 11.8 Å². The fraction of sp³-hybridized carbons (Fsp3) is 0.438. The molecule has 1 saturated heterocycles. The van der Waals surface area contributed by atoms with Crippen LogP contribution in [0.3, 0.4) is 0 Å². The zero-order valence-electron chi connectivity index (χ0n) is 13.3. The highest BCUT2D eigenvalue weighted by molar-refractivity contribution is 6.42. The van der Waals surface area contributed by atoms with Gasteiger partial charge in [0.15, 0.2) is 6.61 Å². The summed E-state index contributed by atoms with van der Waals surface area (Å²) in [6, 6.07) is 4.16. The number of carbonyl (C=O) groups excluding carboxylic acids is 3. The number of imide groups is 1. The Morgan fingerprint density at radius 3 is 2.68 bits per heavy atom. The van der Waals surface area contributed by atoms with E-state index in [1.165, 1.54) is 0 Å². The number of hydrogen-bond donors (Lipinski definition) is 2. The molecule has 134 valence electrons. The average molecular weight is 386 g/mol. The van der Waals surface area contributed by atoms with Gasteiger partial charge in [-0.05, 0) is 25.0 Å². The predicted octanol–water partition coefficient (Wildman–Crippen LogP) is 2.66. The van der Waals surface area contributed by atoms with E-state index >= 15 is 0 Å². The van der Waals surface area contributed by atoms with Gasteiger partial charge in [-0.3, -0.25) is 15.0 Å². The van der Waals surface area contributed by atoms with Crippen LogP contribution in [0, 0.1) is 0 Å². The van der Waals surface area contributed by atoms with E-state index in [2.05, 4.69) is 10.7 Å². The zero-order chi connectivity index (χ0) is 18.0. The summed E-state index contributed by atoms with van der Waals surface area (Å²) in [4.78, 5) is 36.7. The number of hydrogen-bond acceptors (Lipinski definition) is 4. The lowest BCUT2D eigenvalue weighted by Gasteiger charge is -2.30. The van der Waals surface area contributed by atoms with Crippen LogP contribution in [0.25, 0.3) is 0 Å². The van der Waals surface area contributed by atoms with Gasteiger partial charge in [-0.25, -0.2) is 4.79 Å². The molecule has 1 spiro atoms. The zero-order valence-corrected chi connectivity index (χ0v) is 14.8. The first kappa shape index (κ1) is 17.8. The SMILES string of the molecule is O=C(COc1cccc(Cl)c1Cl)NN1C(=O)NC2(CCCCC2)C1=O. The van der Waals surface area contributed by atoms with Gasteiger partial charge in [0, 0.05) is 0 Å². The van der Waals surface area contributed by atoms with E-state index in [1.54, 1.807) is 18.2 Å². The van der Waals surface area contributed by atoms with Gasteiger partial charge in [-0.15, -0.1) is 0 Å². The largest absolute Gasteiger partial charge is 0.482 e. The molecule has 1 aliphatic heterocycles. The van der Waals surface area contributed by atoms with E-state index in [-0.39, 0.29) is 10.8 Å². The summed E-state index contributed by atoms with van der Waals surface area (Å²) < 4.78 is 5.30. The molecule has 1 saturated carbocycles. The second-order valence-corrected chi connectivity index (χ2v) is 6.87. The molecule has 2 fully saturated rings. The second kappa shape index (κ2) is 7.09. The average Bonchev–Trinajstić information content (AvgIpc) is 2.81. The van der Waals surface area contributed by atoms with E-state index in [0.29, 0.717) is 17.9 Å². The van der Waals surface area contributed by atoms with Crippen LogP contribution in [0.2, 0.25) is 10.0 Å². The van der Waals surface area contributed by atoms with Gasteiger partial charge in [-0.1, -0.05) is 48.5 Å². The Morgan fingerprint density at radius 2 is 1.96 bits per heavy atom. The van der Waals surface area contributed by atoms with E-state index in [9.17, 15) is 14.4 Å². The van der Waals surface area contributed by atoms with Crippen molar-refractivity contribution in [1.82, 2.24) is 15.8 Å². The van der Waals surface area contributed by atoms with Crippen molar-refractivity contribution in [2.45, 2.75) is 37.6 Å². The van der Waals surface area contributed by atoms with Gasteiger partial charge >= 0.3 is 6.03 Å². The molecule has 0 aromatic heterocycles. The molecular weight excluding hydrogens is 369 g/mol. The fourth-order valence-corrected chi connectivity index (χ4v) is 3.46. The van der Waals surface area contributed by atoms with Gasteiger partial charge in [-0.2, -0.15) is 5.01 Å². The maximum Gasteiger partial charge on any atom is 0.344 e. The Kier molecular flexibility index (Phi) is 5.06. The van der Waals surface area contributed by atoms with Crippen LogP contribution < -0.4 is 15.5 Å². The molecule has 4 amide bonds. The molecule has 2 N–H and O–H groups in total. The number of ether oxygens (including phenoxy) is 1. The number of halogens is 2. The Labute approximate surface area is 154 Å². The molecule has 1 aromatic carbocycles. The summed E-state index contributed by atoms with van der Waals surface area (Å²) >= 11 is 11.8. The van der Waals surface area contributed by atoms with Crippen LogP contribution in [-0.2, 0) is 9.59 Å². The quantitative estimate of drug-likeness (QED) is 0.779. The highest BCUT2D eigenvalue weighted by Gasteiger charge is 2.52. The molecule has 1 heterocycles. The molecule has 0 atom stereocenters. The third-order valence-corrected chi connectivity index (χ3v) is 5.18. The molecule has 25 heavy (non-hydrogen) atoms. The van der Waals surface area contributed by atoms with Crippen molar-refractivity contribution in [3.63, 3.8) is 0 Å². The second-order valence-electron chi connectivity index (χ2n) is 6.09. The molecule has 0 unspecified atom stereocenters. The minimum absolute atomic E-state index is 0.188. The van der Waals surface area contributed by atoms with Crippen LogP contribution in [-0.4, -0.2) is 35.0 Å². The summed E-state index contributed by atoms with van der Waals surface area (Å²) in [5, 5.41) is 3.93. The molecule has 2 aliphatic rings. The third-order valence-electron chi connectivity index (χ3n) is 4.38. The van der Waals surface area contributed by atoms with E-state index in [0.717, 1.165) is 24.3 Å². The third kappa shape index (κ3) is 3.52. The Morgan fingerprint density at radius 1 is 1.24 bits per heavy atom. The van der Waals surface area contributed by atoms with Crippen LogP contribution >= 0.6 is 23.2 Å². The topological polar surface area (TPSA) is 87.7 Å². The molecule has 0 bridgehead atoms. The Bertz CT molecular complexity index is 719. The number of nitrogens with zero attached hydrogens (tertiary/aromatic N) is 1. The first-order valence-electron chi connectivity index (χ1n) is 7.96. The lowest BCUT2D eigenvalue weighted by atomic mass is 9.82. The Balaban J connectivity index is 1.60. The van der Waals surface area contributed by atoms with Crippen molar-refractivity contribution in [2.75, 3.05) is 6.61 Å². The predicted molar refractivity (Wildman–Crippen MR) is 91.3 cm³/mol. The van der Waals surface area contributed by atoms with Gasteiger partial charge in [0.1, 0.15) is 16.3 Å². The van der Waals surface area contributed by atoms with Crippen molar-refractivity contribution in [2.24, 2.45) is 0 Å². The first-order valence-corrected chi connectivity index (χ1v) is 8.71. The molecule has 9 heteroatoms. The van der Waals surface area contributed by atoms with Gasteiger partial charge in [0.2, 0.25) is 0 Å². The fourth-order valence-electron chi connectivity index (χ4n) is 3.11. The van der Waals surface area contributed by atoms with E-state index < -0.39 is 30.0 Å². The lowest BCUT2D eigenvalue weighted by Crippen LogP contribution is -2.51. The maximum absolute atomic E-state index is 12.5. The highest BCUT2D eigenvalue weighted by Crippen LogP contribution is 2.33. The van der Waals surface area contributed by atoms with Crippen molar-refractivity contribution < 1.29 is 19.1 Å². The monoisotopic (exact) mass is 385 g/mol. The van der Waals surface area contributed by atoms with Crippen LogP contribution in [0.4, 0.5) is 4.79 Å². The summed E-state index contributed by atoms with van der Waals surface area (Å²) in [6.07, 6.45) is 3.93. The number of hydrazine groups is 1. The van der Waals surface area contributed by atoms with Crippen molar-refractivity contribution in [3.8, 4) is 5.75 Å². The number of rotatable bonds is 4. The van der Waals surface area contributed by atoms with Crippen molar-refractivity contribution >= 4 is 41.0 Å². The lowest BCUT2D eigenvalue weighted by molar-refractivity contribution is -0.140. The number of amides is 4. The first-order chi connectivity index (χ1) is 11.9. The molecule has 1 aliphatic carbocycles. The maximum atomic E-state index is 12.5. The minimum Gasteiger partial charge on any atom is -0.482 e. The molecule has 7 nitrogen and oxygen atoms in total. The summed E-state index contributed by atoms with van der Waals surface area (Å²) in [5.74, 6) is -0.830. The number of benzene rings is 1. The Hall–Kier alpha value is -1.99. The standard InChI is InChI=1S/C16H17Cl2N3O4/c17-10-5-4-6-11(13(10)18)25-9-12(22)20-21-14(23)16(19-15(21)24)7-2-1-3-8-16/h4-6H,1-3,7-9H2,(H,19,24)(H,20,22). The molecule has 3 rings (SSSR count). The van der Waals surface area contributed by atoms with Crippen LogP contribution in [0.15, 0.2) is 18.2 Å². The number of nitrogens with one attached hydrogen (secondary N) is 2. The summed E-state index contributed by atoms with van der Waals surface area (Å²) in [6.45, 7) is -0.413. The molecule has 0 radical (unpaired) electrons. The minimum atomic E-state index is -0.889. The highest BCUT2D eigenvalue weighted by atomic mass is 35.5. The summed E-state index contributed by atoms with van der Waals surface area (Å²) in [7, 11) is 0. The number of carbonyl (C=O) groups is 3. The van der Waals surface area contributed by atoms with E-state index in [1.807, 2.05) is 0 Å². The summed E-state index contributed by atoms with van der Waals surface area (Å²) in [5.41, 5.74) is 1.40. The number of urea groups is 1. The molecule has 1 aromatic rings. The normalized spacial score (nSPS) is 19.0. The van der Waals surface area contributed by atoms with Gasteiger partial charge in [0.05, 0.1) is 5.02 Å². The van der Waals surface area contributed by atoms with Crippen LogP contribution in [0.5, 0.6) is 5.75 Å². The van der Waals surface area contributed by atoms with Gasteiger partial charge < -0.3 is 10.1 Å². The van der Waals surface area contributed by atoms with Crippen molar-refractivity contribution in [1.29, 1.82) is 0 Å². The van der Waals surface area contributed by atoms with Crippen LogP contribution in [0.1, 0.15) is 32.1 Å².